The van der Waals surface area contributed by atoms with Gasteiger partial charge in [-0.05, 0) is 41.0 Å². The molecule has 3 rings (SSSR count). The first-order chi connectivity index (χ1) is 8.75. The highest BCUT2D eigenvalue weighted by Gasteiger charge is 2.67. The smallest absolute Gasteiger partial charge is 0.134 e. The molecule has 0 amide bonds. The highest BCUT2D eigenvalue weighted by atomic mass is 35.5. The molecule has 0 saturated heterocycles. The van der Waals surface area contributed by atoms with Crippen molar-refractivity contribution < 1.29 is 4.42 Å². The molecule has 1 fully saturated rings. The first kappa shape index (κ1) is 13.0. The number of hydrogen-bond donors (Lipinski definition) is 1. The monoisotopic (exact) mass is 277 g/mol. The van der Waals surface area contributed by atoms with Gasteiger partial charge in [0.15, 0.2) is 0 Å². The Morgan fingerprint density at radius 3 is 2.37 bits per heavy atom. The molecular weight excluding hydrogens is 258 g/mol. The molecular formula is C16H20ClNO. The van der Waals surface area contributed by atoms with Gasteiger partial charge in [0.25, 0.3) is 0 Å². The van der Waals surface area contributed by atoms with E-state index in [-0.39, 0.29) is 16.9 Å². The van der Waals surface area contributed by atoms with E-state index in [1.807, 2.05) is 24.3 Å². The normalized spacial score (nSPS) is 22.6. The van der Waals surface area contributed by atoms with Crippen molar-refractivity contribution in [2.45, 2.75) is 33.7 Å². The van der Waals surface area contributed by atoms with Gasteiger partial charge in [-0.15, -0.1) is 0 Å². The molecule has 1 heterocycles. The number of furan rings is 1. The lowest BCUT2D eigenvalue weighted by atomic mass is 10.0. The summed E-state index contributed by atoms with van der Waals surface area (Å²) in [6, 6.07) is 7.62. The van der Waals surface area contributed by atoms with Crippen LogP contribution in [0.4, 0.5) is 0 Å². The zero-order valence-electron chi connectivity index (χ0n) is 11.8. The minimum Gasteiger partial charge on any atom is -0.459 e. The lowest BCUT2D eigenvalue weighted by molar-refractivity contribution is 0.416. The van der Waals surface area contributed by atoms with Gasteiger partial charge in [0, 0.05) is 10.4 Å². The van der Waals surface area contributed by atoms with Crippen LogP contribution in [0, 0.1) is 16.7 Å². The van der Waals surface area contributed by atoms with Crippen LogP contribution in [-0.4, -0.2) is 0 Å². The fraction of sp³-hybridized carbons (Fsp3) is 0.500. The van der Waals surface area contributed by atoms with Crippen LogP contribution in [0.1, 0.15) is 39.5 Å². The molecule has 1 atom stereocenters. The van der Waals surface area contributed by atoms with E-state index in [0.29, 0.717) is 5.92 Å². The van der Waals surface area contributed by atoms with E-state index in [0.717, 1.165) is 21.8 Å². The van der Waals surface area contributed by atoms with E-state index >= 15 is 0 Å². The Morgan fingerprint density at radius 1 is 1.16 bits per heavy atom. The van der Waals surface area contributed by atoms with Gasteiger partial charge in [-0.25, -0.2) is 0 Å². The van der Waals surface area contributed by atoms with Crippen LogP contribution in [0.25, 0.3) is 11.0 Å². The van der Waals surface area contributed by atoms with Crippen LogP contribution in [0.3, 0.4) is 0 Å². The van der Waals surface area contributed by atoms with E-state index < -0.39 is 0 Å². The van der Waals surface area contributed by atoms with Gasteiger partial charge in [0.1, 0.15) is 11.3 Å². The zero-order valence-corrected chi connectivity index (χ0v) is 12.6. The molecule has 2 nitrogen and oxygen atoms in total. The Kier molecular flexibility index (Phi) is 2.58. The topological polar surface area (TPSA) is 39.2 Å². The summed E-state index contributed by atoms with van der Waals surface area (Å²) >= 11 is 6.00. The number of fused-ring (bicyclic) bond motifs is 1. The van der Waals surface area contributed by atoms with Gasteiger partial charge in [-0.2, -0.15) is 0 Å². The van der Waals surface area contributed by atoms with Gasteiger partial charge in [0.2, 0.25) is 0 Å². The summed E-state index contributed by atoms with van der Waals surface area (Å²) in [5, 5.41) is 1.75. The third-order valence-corrected chi connectivity index (χ3v) is 5.55. The molecule has 1 aromatic heterocycles. The Bertz CT molecular complexity index is 627. The van der Waals surface area contributed by atoms with Crippen LogP contribution in [0.15, 0.2) is 28.7 Å². The minimum absolute atomic E-state index is 0.0591. The number of hydrogen-bond acceptors (Lipinski definition) is 2. The summed E-state index contributed by atoms with van der Waals surface area (Å²) in [6.07, 6.45) is 0. The van der Waals surface area contributed by atoms with Crippen LogP contribution >= 0.6 is 11.6 Å². The van der Waals surface area contributed by atoms with E-state index in [1.165, 1.54) is 0 Å². The standard InChI is InChI=1S/C16H20ClNO/c1-15(2)14(16(15,3)4)13(18)12-8-9-7-10(17)5-6-11(9)19-12/h5-8,13-14H,18H2,1-4H3. The van der Waals surface area contributed by atoms with E-state index in [1.54, 1.807) is 0 Å². The second-order valence-corrected chi connectivity index (χ2v) is 7.21. The molecule has 1 aliphatic carbocycles. The van der Waals surface area contributed by atoms with Crippen molar-refractivity contribution in [3.63, 3.8) is 0 Å². The maximum atomic E-state index is 6.43. The molecule has 1 aromatic carbocycles. The van der Waals surface area contributed by atoms with E-state index in [2.05, 4.69) is 27.7 Å². The molecule has 3 heteroatoms. The van der Waals surface area contributed by atoms with Gasteiger partial charge in [-0.1, -0.05) is 39.3 Å². The molecule has 1 aliphatic rings. The van der Waals surface area contributed by atoms with Crippen molar-refractivity contribution in [3.8, 4) is 0 Å². The average Bonchev–Trinajstić information content (AvgIpc) is 2.64. The van der Waals surface area contributed by atoms with Crippen molar-refractivity contribution >= 4 is 22.6 Å². The molecule has 19 heavy (non-hydrogen) atoms. The average molecular weight is 278 g/mol. The molecule has 102 valence electrons. The summed E-state index contributed by atoms with van der Waals surface area (Å²) in [6.45, 7) is 9.10. The van der Waals surface area contributed by atoms with Crippen molar-refractivity contribution in [1.82, 2.24) is 0 Å². The largest absolute Gasteiger partial charge is 0.459 e. The van der Waals surface area contributed by atoms with Crippen molar-refractivity contribution in [2.75, 3.05) is 0 Å². The predicted octanol–water partition coefficient (Wildman–Crippen LogP) is 4.77. The van der Waals surface area contributed by atoms with E-state index in [9.17, 15) is 0 Å². The van der Waals surface area contributed by atoms with Crippen molar-refractivity contribution in [2.24, 2.45) is 22.5 Å². The number of rotatable bonds is 2. The Labute approximate surface area is 118 Å². The van der Waals surface area contributed by atoms with Crippen LogP contribution in [0.2, 0.25) is 5.02 Å². The Morgan fingerprint density at radius 2 is 1.79 bits per heavy atom. The van der Waals surface area contributed by atoms with Crippen LogP contribution in [0.5, 0.6) is 0 Å². The van der Waals surface area contributed by atoms with Gasteiger partial charge in [-0.3, -0.25) is 0 Å². The van der Waals surface area contributed by atoms with Crippen molar-refractivity contribution in [1.29, 1.82) is 0 Å². The van der Waals surface area contributed by atoms with E-state index in [4.69, 9.17) is 21.8 Å². The molecule has 1 saturated carbocycles. The lowest BCUT2D eigenvalue weighted by Crippen LogP contribution is -2.15. The summed E-state index contributed by atoms with van der Waals surface area (Å²) in [5.74, 6) is 1.30. The fourth-order valence-electron chi connectivity index (χ4n) is 3.51. The molecule has 0 bridgehead atoms. The minimum atomic E-state index is -0.0591. The number of benzene rings is 1. The van der Waals surface area contributed by atoms with Crippen LogP contribution in [-0.2, 0) is 0 Å². The summed E-state index contributed by atoms with van der Waals surface area (Å²) in [4.78, 5) is 0. The van der Waals surface area contributed by atoms with Crippen LogP contribution < -0.4 is 5.73 Å². The van der Waals surface area contributed by atoms with Gasteiger partial charge in [0.05, 0.1) is 6.04 Å². The lowest BCUT2D eigenvalue weighted by Gasteiger charge is -2.10. The van der Waals surface area contributed by atoms with Gasteiger partial charge < -0.3 is 10.2 Å². The fourth-order valence-corrected chi connectivity index (χ4v) is 3.69. The molecule has 0 aliphatic heterocycles. The highest BCUT2D eigenvalue weighted by molar-refractivity contribution is 6.31. The molecule has 0 radical (unpaired) electrons. The molecule has 2 N–H and O–H groups in total. The predicted molar refractivity (Wildman–Crippen MR) is 79.2 cm³/mol. The SMILES string of the molecule is CC1(C)C(C(N)c2cc3cc(Cl)ccc3o2)C1(C)C. The zero-order chi connectivity index (χ0) is 14.0. The second kappa shape index (κ2) is 3.77. The summed E-state index contributed by atoms with van der Waals surface area (Å²) < 4.78 is 5.89. The third-order valence-electron chi connectivity index (χ3n) is 5.32. The number of nitrogens with two attached hydrogens (primary N) is 1. The molecule has 0 spiro atoms. The third kappa shape index (κ3) is 1.73. The quantitative estimate of drug-likeness (QED) is 0.859. The summed E-state index contributed by atoms with van der Waals surface area (Å²) in [7, 11) is 0. The maximum absolute atomic E-state index is 6.43. The Hall–Kier alpha value is -0.990. The maximum Gasteiger partial charge on any atom is 0.134 e. The Balaban J connectivity index is 1.97. The molecule has 1 unspecified atom stereocenters. The first-order valence-electron chi connectivity index (χ1n) is 6.70. The first-order valence-corrected chi connectivity index (χ1v) is 7.07. The highest BCUT2D eigenvalue weighted by Crippen LogP contribution is 2.71. The van der Waals surface area contributed by atoms with Gasteiger partial charge >= 0.3 is 0 Å². The van der Waals surface area contributed by atoms with Crippen molar-refractivity contribution in [3.05, 3.63) is 35.0 Å². The second-order valence-electron chi connectivity index (χ2n) is 6.78. The number of halogens is 1. The molecule has 2 aromatic rings. The summed E-state index contributed by atoms with van der Waals surface area (Å²) in [5.41, 5.74) is 7.79.